The van der Waals surface area contributed by atoms with Crippen molar-refractivity contribution in [3.8, 4) is 0 Å². The normalized spacial score (nSPS) is 30.4. The zero-order valence-electron chi connectivity index (χ0n) is 9.26. The van der Waals surface area contributed by atoms with E-state index in [0.29, 0.717) is 12.3 Å². The van der Waals surface area contributed by atoms with Gasteiger partial charge < -0.3 is 15.3 Å². The molecule has 0 saturated heterocycles. The second-order valence-corrected chi connectivity index (χ2v) is 4.54. The van der Waals surface area contributed by atoms with Crippen molar-refractivity contribution >= 4 is 0 Å². The fraction of sp³-hybridized carbons (Fsp3) is 0.538. The van der Waals surface area contributed by atoms with E-state index in [1.807, 2.05) is 6.08 Å². The Morgan fingerprint density at radius 2 is 2.12 bits per heavy atom. The Kier molecular flexibility index (Phi) is 3.34. The summed E-state index contributed by atoms with van der Waals surface area (Å²) in [5, 5.41) is 28.5. The van der Waals surface area contributed by atoms with Crippen LogP contribution in [0.4, 0.5) is 0 Å². The predicted octanol–water partition coefficient (Wildman–Crippen LogP) is 2.75. The Bertz CT molecular complexity index is 352. The zero-order chi connectivity index (χ0) is 11.5. The van der Waals surface area contributed by atoms with Crippen molar-refractivity contribution in [1.29, 1.82) is 0 Å². The van der Waals surface area contributed by atoms with E-state index in [9.17, 15) is 15.3 Å². The van der Waals surface area contributed by atoms with Crippen molar-refractivity contribution in [2.45, 2.75) is 38.2 Å². The molecular formula is C13H18O3. The zero-order valence-corrected chi connectivity index (χ0v) is 9.26. The molecule has 0 aliphatic heterocycles. The van der Waals surface area contributed by atoms with Gasteiger partial charge in [-0.3, -0.25) is 0 Å². The Morgan fingerprint density at radius 3 is 2.81 bits per heavy atom. The second kappa shape index (κ2) is 4.74. The van der Waals surface area contributed by atoms with E-state index >= 15 is 0 Å². The lowest BCUT2D eigenvalue weighted by atomic mass is 9.87. The molecular weight excluding hydrogens is 204 g/mol. The molecule has 88 valence electrons. The largest absolute Gasteiger partial charge is 0.506 e. The summed E-state index contributed by atoms with van der Waals surface area (Å²) in [4.78, 5) is 0. The molecule has 2 rings (SSSR count). The molecule has 0 fully saturated rings. The molecule has 2 atom stereocenters. The van der Waals surface area contributed by atoms with Gasteiger partial charge in [0.2, 0.25) is 0 Å². The summed E-state index contributed by atoms with van der Waals surface area (Å²) in [7, 11) is 0. The van der Waals surface area contributed by atoms with Crippen LogP contribution >= 0.6 is 0 Å². The molecule has 0 amide bonds. The number of rotatable bonds is 2. The highest BCUT2D eigenvalue weighted by Crippen LogP contribution is 2.30. The van der Waals surface area contributed by atoms with E-state index in [-0.39, 0.29) is 11.5 Å². The maximum atomic E-state index is 9.72. The molecule has 0 radical (unpaired) electrons. The van der Waals surface area contributed by atoms with Crippen molar-refractivity contribution in [2.75, 3.05) is 0 Å². The standard InChI is InChI=1S/C13H18O3/c14-11-7-6-10(12(15)13(11)16)8-9-4-2-1-3-5-9/h2,4,6,9,11,14-16H,1,3,5,7-8H2. The van der Waals surface area contributed by atoms with Gasteiger partial charge in [-0.2, -0.15) is 0 Å². The molecule has 3 nitrogen and oxygen atoms in total. The van der Waals surface area contributed by atoms with Crippen LogP contribution in [0.15, 0.2) is 35.3 Å². The van der Waals surface area contributed by atoms with Gasteiger partial charge in [-0.05, 0) is 43.6 Å². The highest BCUT2D eigenvalue weighted by Gasteiger charge is 2.23. The van der Waals surface area contributed by atoms with E-state index in [1.165, 1.54) is 6.42 Å². The fourth-order valence-corrected chi connectivity index (χ4v) is 2.30. The molecule has 0 aromatic carbocycles. The van der Waals surface area contributed by atoms with Crippen LogP contribution in [0.5, 0.6) is 0 Å². The fourth-order valence-electron chi connectivity index (χ4n) is 2.30. The molecule has 2 aliphatic carbocycles. The van der Waals surface area contributed by atoms with Crippen LogP contribution in [0.1, 0.15) is 32.1 Å². The number of hydrogen-bond acceptors (Lipinski definition) is 3. The minimum atomic E-state index is -0.939. The monoisotopic (exact) mass is 222 g/mol. The molecule has 0 aromatic heterocycles. The number of aliphatic hydroxyl groups is 3. The van der Waals surface area contributed by atoms with Gasteiger partial charge in [-0.15, -0.1) is 0 Å². The minimum Gasteiger partial charge on any atom is -0.506 e. The van der Waals surface area contributed by atoms with Crippen LogP contribution < -0.4 is 0 Å². The summed E-state index contributed by atoms with van der Waals surface area (Å²) in [6.45, 7) is 0. The van der Waals surface area contributed by atoms with E-state index < -0.39 is 6.10 Å². The van der Waals surface area contributed by atoms with Gasteiger partial charge in [0.05, 0.1) is 0 Å². The summed E-state index contributed by atoms with van der Waals surface area (Å²) in [5.41, 5.74) is 0.763. The number of aliphatic hydroxyl groups excluding tert-OH is 3. The average Bonchev–Trinajstić information content (AvgIpc) is 2.31. The first-order valence-electron chi connectivity index (χ1n) is 5.84. The van der Waals surface area contributed by atoms with Crippen LogP contribution in [-0.4, -0.2) is 21.4 Å². The summed E-state index contributed by atoms with van der Waals surface area (Å²) in [5.74, 6) is 0.0419. The van der Waals surface area contributed by atoms with Crippen LogP contribution in [0, 0.1) is 5.92 Å². The first-order valence-corrected chi connectivity index (χ1v) is 5.84. The van der Waals surface area contributed by atoms with Crippen LogP contribution in [-0.2, 0) is 0 Å². The summed E-state index contributed by atoms with van der Waals surface area (Å²) in [6, 6.07) is 0. The van der Waals surface area contributed by atoms with Crippen LogP contribution in [0.25, 0.3) is 0 Å². The van der Waals surface area contributed by atoms with Crippen LogP contribution in [0.3, 0.4) is 0 Å². The SMILES string of the molecule is OC1=C(O)C(O)CC=C1CC1C=CCCC1. The topological polar surface area (TPSA) is 60.7 Å². The lowest BCUT2D eigenvalue weighted by Crippen LogP contribution is -2.17. The third-order valence-electron chi connectivity index (χ3n) is 3.29. The van der Waals surface area contributed by atoms with Gasteiger partial charge in [0.15, 0.2) is 11.5 Å². The van der Waals surface area contributed by atoms with Gasteiger partial charge in [0.25, 0.3) is 0 Å². The molecule has 3 N–H and O–H groups in total. The summed E-state index contributed by atoms with van der Waals surface area (Å²) in [6.07, 6.45) is 9.83. The maximum absolute atomic E-state index is 9.72. The number of hydrogen-bond donors (Lipinski definition) is 3. The average molecular weight is 222 g/mol. The van der Waals surface area contributed by atoms with E-state index in [4.69, 9.17) is 0 Å². The molecule has 2 unspecified atom stereocenters. The molecule has 0 saturated carbocycles. The van der Waals surface area contributed by atoms with Crippen molar-refractivity contribution in [3.63, 3.8) is 0 Å². The highest BCUT2D eigenvalue weighted by atomic mass is 16.3. The Labute approximate surface area is 95.4 Å². The van der Waals surface area contributed by atoms with Gasteiger partial charge in [0.1, 0.15) is 6.10 Å². The molecule has 3 heteroatoms. The highest BCUT2D eigenvalue weighted by molar-refractivity contribution is 5.33. The van der Waals surface area contributed by atoms with Crippen molar-refractivity contribution < 1.29 is 15.3 Å². The third-order valence-corrected chi connectivity index (χ3v) is 3.29. The summed E-state index contributed by atoms with van der Waals surface area (Å²) >= 11 is 0. The van der Waals surface area contributed by atoms with Crippen LogP contribution in [0.2, 0.25) is 0 Å². The lowest BCUT2D eigenvalue weighted by Gasteiger charge is -2.22. The van der Waals surface area contributed by atoms with E-state index in [0.717, 1.165) is 24.8 Å². The van der Waals surface area contributed by atoms with Crippen molar-refractivity contribution in [2.24, 2.45) is 5.92 Å². The molecule has 0 bridgehead atoms. The minimum absolute atomic E-state index is 0.127. The van der Waals surface area contributed by atoms with E-state index in [2.05, 4.69) is 12.2 Å². The summed E-state index contributed by atoms with van der Waals surface area (Å²) < 4.78 is 0. The third kappa shape index (κ3) is 2.30. The predicted molar refractivity (Wildman–Crippen MR) is 62.1 cm³/mol. The number of allylic oxidation sites excluding steroid dienone is 3. The quantitative estimate of drug-likeness (QED) is 0.629. The Hall–Kier alpha value is -1.22. The Morgan fingerprint density at radius 1 is 1.31 bits per heavy atom. The molecule has 16 heavy (non-hydrogen) atoms. The smallest absolute Gasteiger partial charge is 0.163 e. The van der Waals surface area contributed by atoms with Crippen molar-refractivity contribution in [3.05, 3.63) is 35.3 Å². The van der Waals surface area contributed by atoms with Gasteiger partial charge in [-0.1, -0.05) is 18.2 Å². The van der Waals surface area contributed by atoms with Crippen molar-refractivity contribution in [1.82, 2.24) is 0 Å². The Balaban J connectivity index is 2.05. The molecule has 0 aromatic rings. The maximum Gasteiger partial charge on any atom is 0.163 e. The van der Waals surface area contributed by atoms with Gasteiger partial charge in [0, 0.05) is 0 Å². The van der Waals surface area contributed by atoms with E-state index in [1.54, 1.807) is 0 Å². The lowest BCUT2D eigenvalue weighted by molar-refractivity contribution is 0.138. The first-order chi connectivity index (χ1) is 7.68. The molecule has 0 heterocycles. The molecule has 2 aliphatic rings. The van der Waals surface area contributed by atoms with Gasteiger partial charge >= 0.3 is 0 Å². The first kappa shape index (κ1) is 11.3. The second-order valence-electron chi connectivity index (χ2n) is 4.54. The molecule has 0 spiro atoms. The van der Waals surface area contributed by atoms with Gasteiger partial charge in [-0.25, -0.2) is 0 Å².